The molecule has 1 saturated carbocycles. The molecule has 1 aliphatic heterocycles. The lowest BCUT2D eigenvalue weighted by molar-refractivity contribution is -0.131. The van der Waals surface area contributed by atoms with Crippen molar-refractivity contribution in [3.63, 3.8) is 0 Å². The molecule has 1 unspecified atom stereocenters. The zero-order valence-electron chi connectivity index (χ0n) is 7.92. The summed E-state index contributed by atoms with van der Waals surface area (Å²) in [4.78, 5) is 12.0. The first kappa shape index (κ1) is 9.16. The minimum Gasteiger partial charge on any atom is -0.381 e. The van der Waals surface area contributed by atoms with Crippen LogP contribution >= 0.6 is 0 Å². The Morgan fingerprint density at radius 2 is 2.31 bits per heavy atom. The van der Waals surface area contributed by atoms with Gasteiger partial charge in [-0.1, -0.05) is 0 Å². The molecular formula is C10H17NO2. The van der Waals surface area contributed by atoms with Crippen molar-refractivity contribution in [2.24, 2.45) is 17.1 Å². The van der Waals surface area contributed by atoms with Crippen LogP contribution in [-0.4, -0.2) is 25.5 Å². The molecule has 1 saturated heterocycles. The zero-order chi connectivity index (χ0) is 9.31. The van der Waals surface area contributed by atoms with E-state index < -0.39 is 0 Å². The summed E-state index contributed by atoms with van der Waals surface area (Å²) in [6.07, 6.45) is 4.02. The topological polar surface area (TPSA) is 52.3 Å². The minimum absolute atomic E-state index is 0.134. The van der Waals surface area contributed by atoms with Crippen molar-refractivity contribution in [2.45, 2.75) is 25.7 Å². The number of carbonyl (C=O) groups is 1. The first-order chi connectivity index (χ1) is 6.28. The fraction of sp³-hybridized carbons (Fsp3) is 0.900. The zero-order valence-corrected chi connectivity index (χ0v) is 7.92. The Kier molecular flexibility index (Phi) is 2.39. The molecule has 0 aromatic rings. The highest BCUT2D eigenvalue weighted by molar-refractivity contribution is 5.89. The molecule has 1 aliphatic carbocycles. The van der Waals surface area contributed by atoms with Crippen LogP contribution in [0.15, 0.2) is 0 Å². The Bertz CT molecular complexity index is 205. The predicted octanol–water partition coefficient (Wildman–Crippen LogP) is 0.721. The summed E-state index contributed by atoms with van der Waals surface area (Å²) in [5, 5.41) is 0. The lowest BCUT2D eigenvalue weighted by Crippen LogP contribution is -2.35. The molecule has 3 heteroatoms. The van der Waals surface area contributed by atoms with Gasteiger partial charge >= 0.3 is 0 Å². The van der Waals surface area contributed by atoms with E-state index in [1.165, 1.54) is 0 Å². The summed E-state index contributed by atoms with van der Waals surface area (Å²) < 4.78 is 5.31. The molecule has 13 heavy (non-hydrogen) atoms. The van der Waals surface area contributed by atoms with Crippen LogP contribution in [0.25, 0.3) is 0 Å². The third-order valence-electron chi connectivity index (χ3n) is 3.30. The third-order valence-corrected chi connectivity index (χ3v) is 3.30. The third kappa shape index (κ3) is 1.63. The van der Waals surface area contributed by atoms with Crippen LogP contribution in [0.5, 0.6) is 0 Å². The van der Waals surface area contributed by atoms with Crippen molar-refractivity contribution in [1.29, 1.82) is 0 Å². The Labute approximate surface area is 78.6 Å². The summed E-state index contributed by atoms with van der Waals surface area (Å²) in [5.74, 6) is 0.509. The molecule has 2 aliphatic rings. The van der Waals surface area contributed by atoms with E-state index in [0.29, 0.717) is 18.9 Å². The number of ether oxygens (including phenoxy) is 1. The van der Waals surface area contributed by atoms with Crippen LogP contribution in [0.3, 0.4) is 0 Å². The second-order valence-electron chi connectivity index (χ2n) is 4.26. The highest BCUT2D eigenvalue weighted by atomic mass is 16.5. The lowest BCUT2D eigenvalue weighted by Gasteiger charge is -2.24. The van der Waals surface area contributed by atoms with E-state index in [-0.39, 0.29) is 11.3 Å². The van der Waals surface area contributed by atoms with Crippen LogP contribution in [0, 0.1) is 11.3 Å². The Morgan fingerprint density at radius 3 is 2.77 bits per heavy atom. The number of carbonyl (C=O) groups excluding carboxylic acids is 1. The smallest absolute Gasteiger partial charge is 0.145 e. The second kappa shape index (κ2) is 3.39. The van der Waals surface area contributed by atoms with Gasteiger partial charge in [-0.2, -0.15) is 0 Å². The van der Waals surface area contributed by atoms with Gasteiger partial charge in [-0.3, -0.25) is 4.79 Å². The van der Waals surface area contributed by atoms with Gasteiger partial charge in [0.05, 0.1) is 6.61 Å². The number of hydrogen-bond donors (Lipinski definition) is 1. The monoisotopic (exact) mass is 183 g/mol. The summed E-state index contributed by atoms with van der Waals surface area (Å²) in [7, 11) is 0. The Hall–Kier alpha value is -0.410. The molecule has 0 aromatic heterocycles. The van der Waals surface area contributed by atoms with E-state index in [1.807, 2.05) is 0 Å². The largest absolute Gasteiger partial charge is 0.381 e. The SMILES string of the molecule is NCC1(C(=O)C2CCCOC2)CC1. The minimum atomic E-state index is -0.134. The van der Waals surface area contributed by atoms with Gasteiger partial charge in [-0.25, -0.2) is 0 Å². The van der Waals surface area contributed by atoms with Crippen molar-refractivity contribution >= 4 is 5.78 Å². The van der Waals surface area contributed by atoms with Gasteiger partial charge < -0.3 is 10.5 Å². The number of hydrogen-bond acceptors (Lipinski definition) is 3. The molecule has 1 atom stereocenters. The molecule has 0 radical (unpaired) electrons. The van der Waals surface area contributed by atoms with Crippen molar-refractivity contribution in [3.8, 4) is 0 Å². The molecule has 2 fully saturated rings. The van der Waals surface area contributed by atoms with Gasteiger partial charge in [0, 0.05) is 24.5 Å². The Morgan fingerprint density at radius 1 is 1.54 bits per heavy atom. The average molecular weight is 183 g/mol. The molecular weight excluding hydrogens is 166 g/mol. The summed E-state index contributed by atoms with van der Waals surface area (Å²) >= 11 is 0. The van der Waals surface area contributed by atoms with Gasteiger partial charge in [-0.05, 0) is 25.7 Å². The molecule has 0 spiro atoms. The first-order valence-electron chi connectivity index (χ1n) is 5.11. The first-order valence-corrected chi connectivity index (χ1v) is 5.11. The van der Waals surface area contributed by atoms with Gasteiger partial charge in [0.15, 0.2) is 0 Å². The van der Waals surface area contributed by atoms with Crippen LogP contribution in [0.4, 0.5) is 0 Å². The molecule has 0 amide bonds. The second-order valence-corrected chi connectivity index (χ2v) is 4.26. The van der Waals surface area contributed by atoms with Gasteiger partial charge in [0.25, 0.3) is 0 Å². The van der Waals surface area contributed by atoms with Gasteiger partial charge in [0.1, 0.15) is 5.78 Å². The normalized spacial score (nSPS) is 31.3. The fourth-order valence-electron chi connectivity index (χ4n) is 2.08. The Balaban J connectivity index is 1.95. The van der Waals surface area contributed by atoms with Crippen LogP contribution in [-0.2, 0) is 9.53 Å². The van der Waals surface area contributed by atoms with Crippen molar-refractivity contribution in [3.05, 3.63) is 0 Å². The number of nitrogens with two attached hydrogens (primary N) is 1. The van der Waals surface area contributed by atoms with Gasteiger partial charge in [-0.15, -0.1) is 0 Å². The molecule has 2 rings (SSSR count). The van der Waals surface area contributed by atoms with Gasteiger partial charge in [0.2, 0.25) is 0 Å². The average Bonchev–Trinajstić information content (AvgIpc) is 2.99. The highest BCUT2D eigenvalue weighted by Gasteiger charge is 2.50. The summed E-state index contributed by atoms with van der Waals surface area (Å²) in [5.41, 5.74) is 5.48. The molecule has 74 valence electrons. The molecule has 0 aromatic carbocycles. The predicted molar refractivity (Wildman–Crippen MR) is 49.3 cm³/mol. The maximum Gasteiger partial charge on any atom is 0.145 e. The van der Waals surface area contributed by atoms with Crippen molar-refractivity contribution < 1.29 is 9.53 Å². The van der Waals surface area contributed by atoms with Crippen molar-refractivity contribution in [2.75, 3.05) is 19.8 Å². The molecule has 1 heterocycles. The van der Waals surface area contributed by atoms with E-state index in [0.717, 1.165) is 32.3 Å². The van der Waals surface area contributed by atoms with E-state index in [9.17, 15) is 4.79 Å². The van der Waals surface area contributed by atoms with Crippen molar-refractivity contribution in [1.82, 2.24) is 0 Å². The molecule has 2 N–H and O–H groups in total. The van der Waals surface area contributed by atoms with Crippen LogP contribution in [0.2, 0.25) is 0 Å². The number of Topliss-reactive ketones (excluding diaryl/α,β-unsaturated/α-hetero) is 1. The summed E-state index contributed by atoms with van der Waals surface area (Å²) in [6, 6.07) is 0. The maximum absolute atomic E-state index is 12.0. The van der Waals surface area contributed by atoms with E-state index in [1.54, 1.807) is 0 Å². The standard InChI is InChI=1S/C10H17NO2/c11-7-10(3-4-10)9(12)8-2-1-5-13-6-8/h8H,1-7,11H2. The fourth-order valence-corrected chi connectivity index (χ4v) is 2.08. The molecule has 3 nitrogen and oxygen atoms in total. The maximum atomic E-state index is 12.0. The number of ketones is 1. The van der Waals surface area contributed by atoms with Crippen LogP contribution in [0.1, 0.15) is 25.7 Å². The van der Waals surface area contributed by atoms with Crippen LogP contribution < -0.4 is 5.73 Å². The van der Waals surface area contributed by atoms with E-state index >= 15 is 0 Å². The summed E-state index contributed by atoms with van der Waals surface area (Å²) in [6.45, 7) is 1.97. The lowest BCUT2D eigenvalue weighted by atomic mass is 9.87. The molecule has 0 bridgehead atoms. The quantitative estimate of drug-likeness (QED) is 0.701. The number of rotatable bonds is 3. The van der Waals surface area contributed by atoms with E-state index in [4.69, 9.17) is 10.5 Å². The highest BCUT2D eigenvalue weighted by Crippen LogP contribution is 2.47. The van der Waals surface area contributed by atoms with E-state index in [2.05, 4.69) is 0 Å².